The third kappa shape index (κ3) is 13.9. The van der Waals surface area contributed by atoms with Gasteiger partial charge in [0.05, 0.1) is 2.74 Å². The molecule has 467 valence electrons. The standard InChI is InChI=1S/C35H36N.C34H34N.C15H28O2.Ir/c1-21-11-12-25-23(15-21)16-30-29(31(25)20-35(5,6)7)18-24-17-28-22(19-34(2,3)4)9-8-10-26(28)27-13-14-36-33(30)32(24)27;1-33(2,3)19-22-11-9-13-25-26-14-15-35-32-29-16-21-10-7-8-12-24(21)30(20-34(4,5)6)28(29)18-23(31(26)32)17-27(22)25;1-6-12(7-2)13(16)11-14(17)15(8-3,9-4)10-5;/h8-15,17H,18-20H2,1-7H3;7-15,17H,18-20H2,1-6H3;11-12,17H,6-10H2,1-5H3;/q2*-1;;/b;;14-11-;/i14D;15D;;. The van der Waals surface area contributed by atoms with Gasteiger partial charge in [-0.2, -0.15) is 0 Å². The fourth-order valence-electron chi connectivity index (χ4n) is 14.5. The fraction of sp³-hybridized carbons (Fsp3) is 0.417. The predicted molar refractivity (Wildman–Crippen MR) is 378 cm³/mol. The average molecular weight is 1360 g/mol. The molecule has 5 heteroatoms. The van der Waals surface area contributed by atoms with Crippen molar-refractivity contribution in [1.29, 1.82) is 0 Å². The Bertz CT molecular complexity index is 4450. The van der Waals surface area contributed by atoms with Gasteiger partial charge in [0.2, 0.25) is 0 Å². The van der Waals surface area contributed by atoms with Crippen LogP contribution < -0.4 is 0 Å². The van der Waals surface area contributed by atoms with Crippen LogP contribution in [0, 0.1) is 52.0 Å². The molecule has 0 fully saturated rings. The molecule has 0 aliphatic heterocycles. The molecule has 0 bridgehead atoms. The number of nitrogens with zero attached hydrogens (tertiary/aromatic N) is 2. The molecule has 0 amide bonds. The molecule has 2 aliphatic rings. The Morgan fingerprint density at radius 1 is 0.528 bits per heavy atom. The Hall–Kier alpha value is -6.52. The van der Waals surface area contributed by atoms with Crippen molar-refractivity contribution in [3.05, 3.63) is 190 Å². The van der Waals surface area contributed by atoms with Crippen LogP contribution in [0.5, 0.6) is 0 Å². The van der Waals surface area contributed by atoms with Crippen molar-refractivity contribution < 1.29 is 32.7 Å². The number of benzene rings is 8. The normalized spacial score (nSPS) is 13.6. The zero-order valence-corrected chi connectivity index (χ0v) is 59.2. The summed E-state index contributed by atoms with van der Waals surface area (Å²) in [6.45, 7) is 40.1. The number of aliphatic hydroxyl groups is 1. The molecular formula is C84H98IrN2O2-2. The average Bonchev–Trinajstić information content (AvgIpc) is 0.723. The van der Waals surface area contributed by atoms with E-state index >= 15 is 0 Å². The number of aromatic nitrogens is 2. The van der Waals surface area contributed by atoms with Crippen LogP contribution in [0.1, 0.15) is 203 Å². The van der Waals surface area contributed by atoms with Gasteiger partial charge >= 0.3 is 0 Å². The minimum Gasteiger partial charge on any atom is -0.512 e. The van der Waals surface area contributed by atoms with Gasteiger partial charge in [-0.25, -0.2) is 0 Å². The van der Waals surface area contributed by atoms with Crippen LogP contribution >= 0.6 is 0 Å². The van der Waals surface area contributed by atoms with E-state index in [1.807, 2.05) is 26.0 Å². The van der Waals surface area contributed by atoms with Crippen LogP contribution in [-0.4, -0.2) is 20.9 Å². The van der Waals surface area contributed by atoms with Gasteiger partial charge in [-0.3, -0.25) is 14.8 Å². The number of aryl methyl sites for hydroxylation is 1. The number of pyridine rings is 2. The second-order valence-electron chi connectivity index (χ2n) is 30.7. The van der Waals surface area contributed by atoms with E-state index in [4.69, 9.17) is 12.7 Å². The maximum absolute atomic E-state index is 12.0. The van der Waals surface area contributed by atoms with Crippen molar-refractivity contribution in [2.75, 3.05) is 0 Å². The molecule has 89 heavy (non-hydrogen) atoms. The minimum absolute atomic E-state index is 0. The molecule has 0 atom stereocenters. The monoisotopic (exact) mass is 1360 g/mol. The van der Waals surface area contributed by atoms with Crippen molar-refractivity contribution in [3.8, 4) is 22.5 Å². The van der Waals surface area contributed by atoms with E-state index in [0.29, 0.717) is 12.3 Å². The summed E-state index contributed by atoms with van der Waals surface area (Å²) in [5.41, 5.74) is 16.7. The number of rotatable bonds is 12. The first kappa shape index (κ1) is 64.0. The summed E-state index contributed by atoms with van der Waals surface area (Å²) in [6, 6.07) is 45.1. The third-order valence-corrected chi connectivity index (χ3v) is 18.9. The molecule has 0 saturated carbocycles. The number of hydrogen-bond acceptors (Lipinski definition) is 4. The number of carbonyl (C=O) groups excluding carboxylic acids is 1. The summed E-state index contributed by atoms with van der Waals surface area (Å²) in [5, 5.41) is 24.9. The number of fused-ring (bicyclic) bond motifs is 10. The second-order valence-corrected chi connectivity index (χ2v) is 30.7. The fourth-order valence-corrected chi connectivity index (χ4v) is 14.5. The third-order valence-electron chi connectivity index (χ3n) is 18.9. The molecule has 8 aromatic carbocycles. The number of carbonyl (C=O) groups is 1. The van der Waals surface area contributed by atoms with Gasteiger partial charge in [-0.15, -0.1) is 57.3 Å². The maximum Gasteiger partial charge on any atom is 0.162 e. The topological polar surface area (TPSA) is 63.1 Å². The summed E-state index contributed by atoms with van der Waals surface area (Å²) in [4.78, 5) is 21.7. The first-order valence-electron chi connectivity index (χ1n) is 34.0. The van der Waals surface area contributed by atoms with Gasteiger partial charge in [0.25, 0.3) is 0 Å². The molecule has 1 N–H and O–H groups in total. The molecule has 10 aromatic rings. The zero-order chi connectivity index (χ0) is 65.2. The predicted octanol–water partition coefficient (Wildman–Crippen LogP) is 23.1. The number of aliphatic hydroxyl groups excluding tert-OH is 1. The van der Waals surface area contributed by atoms with Crippen LogP contribution in [0.25, 0.3) is 87.1 Å². The first-order valence-corrected chi connectivity index (χ1v) is 33.0. The summed E-state index contributed by atoms with van der Waals surface area (Å²) >= 11 is 0. The molecule has 2 aliphatic carbocycles. The van der Waals surface area contributed by atoms with Gasteiger partial charge in [-0.1, -0.05) is 224 Å². The SMILES string of the molecule is CCC(CC)C(=O)/C=C(\O)C(CC)(CC)CC.[2H]c1cc2c3c(cc4c(CC(C)(C)C)cccc42)Cc2c([c-]c4cc(C)ccc4c2CC(C)(C)C)-c3n1.[2H]c1cc2c3c(cc4c(CC(C)(C)C)cccc42)Cc2c([c-]c4ccccc4c2CC(C)(C)C)-c3n1.[Ir]. The second kappa shape index (κ2) is 26.0. The van der Waals surface area contributed by atoms with Gasteiger partial charge in [0.15, 0.2) is 5.78 Å². The minimum atomic E-state index is -0.207. The summed E-state index contributed by atoms with van der Waals surface area (Å²) in [7, 11) is 0. The number of hydrogen-bond donors (Lipinski definition) is 1. The Labute approximate surface area is 550 Å². The molecule has 0 unspecified atom stereocenters. The Morgan fingerprint density at radius 3 is 1.39 bits per heavy atom. The van der Waals surface area contributed by atoms with Crippen molar-refractivity contribution in [2.24, 2.45) is 33.0 Å². The largest absolute Gasteiger partial charge is 0.512 e. The Kier molecular flexibility index (Phi) is 18.7. The van der Waals surface area contributed by atoms with E-state index in [9.17, 15) is 9.90 Å². The van der Waals surface area contributed by atoms with Crippen molar-refractivity contribution in [1.82, 2.24) is 9.97 Å². The quantitative estimate of drug-likeness (QED) is 0.0573. The van der Waals surface area contributed by atoms with Crippen LogP contribution in [0.2, 0.25) is 0 Å². The smallest absolute Gasteiger partial charge is 0.162 e. The van der Waals surface area contributed by atoms with E-state index in [1.54, 1.807) is 0 Å². The molecule has 0 spiro atoms. The summed E-state index contributed by atoms with van der Waals surface area (Å²) in [5.74, 6) is 0.412. The van der Waals surface area contributed by atoms with Crippen molar-refractivity contribution in [3.63, 3.8) is 0 Å². The molecule has 4 nitrogen and oxygen atoms in total. The van der Waals surface area contributed by atoms with E-state index in [1.165, 1.54) is 99.2 Å². The van der Waals surface area contributed by atoms with Gasteiger partial charge in [0, 0.05) is 61.2 Å². The van der Waals surface area contributed by atoms with Crippen LogP contribution in [0.3, 0.4) is 0 Å². The maximum atomic E-state index is 12.0. The van der Waals surface area contributed by atoms with Crippen LogP contribution in [0.4, 0.5) is 0 Å². The van der Waals surface area contributed by atoms with E-state index < -0.39 is 0 Å². The van der Waals surface area contributed by atoms with Gasteiger partial charge in [-0.05, 0) is 177 Å². The Balaban J connectivity index is 0.000000172. The molecule has 12 rings (SSSR count). The van der Waals surface area contributed by atoms with E-state index in [-0.39, 0.29) is 64.6 Å². The van der Waals surface area contributed by atoms with E-state index in [2.05, 4.69) is 214 Å². The molecule has 2 heterocycles. The van der Waals surface area contributed by atoms with Crippen LogP contribution in [0.15, 0.2) is 127 Å². The summed E-state index contributed by atoms with van der Waals surface area (Å²) in [6.07, 6.45) is 12.2. The summed E-state index contributed by atoms with van der Waals surface area (Å²) < 4.78 is 17.4. The number of ketones is 1. The molecule has 2 aromatic heterocycles. The molecule has 1 radical (unpaired) electrons. The molecule has 0 saturated heterocycles. The van der Waals surface area contributed by atoms with Gasteiger partial charge < -0.3 is 5.11 Å². The van der Waals surface area contributed by atoms with E-state index in [0.717, 1.165) is 115 Å². The first-order chi connectivity index (χ1) is 42.4. The van der Waals surface area contributed by atoms with Gasteiger partial charge in [0.1, 0.15) is 5.76 Å². The zero-order valence-electron chi connectivity index (χ0n) is 58.8. The van der Waals surface area contributed by atoms with Crippen LogP contribution in [-0.2, 0) is 63.4 Å². The molecular weight excluding hydrogens is 1260 g/mol. The van der Waals surface area contributed by atoms with Crippen molar-refractivity contribution in [2.45, 2.75) is 195 Å². The van der Waals surface area contributed by atoms with Crippen molar-refractivity contribution >= 4 is 70.4 Å². The number of allylic oxidation sites excluding steroid dienone is 2. The Morgan fingerprint density at radius 2 is 0.955 bits per heavy atom.